The van der Waals surface area contributed by atoms with E-state index >= 15 is 0 Å². The van der Waals surface area contributed by atoms with Gasteiger partial charge in [0, 0.05) is 4.47 Å². The number of rotatable bonds is 1. The summed E-state index contributed by atoms with van der Waals surface area (Å²) in [6, 6.07) is 2.11. The zero-order valence-electron chi connectivity index (χ0n) is 8.40. The average molecular weight is 328 g/mol. The molecule has 0 saturated carbocycles. The second kappa shape index (κ2) is 4.84. The number of amides is 2. The summed E-state index contributed by atoms with van der Waals surface area (Å²) in [5.41, 5.74) is -1.77. The molecule has 0 spiro atoms. The normalized spacial score (nSPS) is 11.1. The molecular formula is C9H5BrF3NO4. The quantitative estimate of drug-likeness (QED) is 0.825. The van der Waals surface area contributed by atoms with Crippen molar-refractivity contribution in [2.24, 2.45) is 0 Å². The van der Waals surface area contributed by atoms with Gasteiger partial charge in [-0.3, -0.25) is 0 Å². The molecule has 0 unspecified atom stereocenters. The predicted octanol–water partition coefficient (Wildman–Crippen LogP) is 3.63. The van der Waals surface area contributed by atoms with Gasteiger partial charge in [0.05, 0.1) is 11.3 Å². The number of nitrogens with zero attached hydrogens (tertiary/aromatic N) is 1. The highest BCUT2D eigenvalue weighted by atomic mass is 79.9. The fraction of sp³-hybridized carbons (Fsp3) is 0.111. The summed E-state index contributed by atoms with van der Waals surface area (Å²) in [5, 5.41) is 17.3. The van der Waals surface area contributed by atoms with Crippen molar-refractivity contribution in [3.05, 3.63) is 28.2 Å². The zero-order chi connectivity index (χ0) is 14.1. The Morgan fingerprint density at radius 3 is 2.00 bits per heavy atom. The summed E-state index contributed by atoms with van der Waals surface area (Å²) in [6.45, 7) is 0. The van der Waals surface area contributed by atoms with E-state index in [0.29, 0.717) is 12.1 Å². The van der Waals surface area contributed by atoms with Crippen LogP contribution in [0.25, 0.3) is 0 Å². The van der Waals surface area contributed by atoms with Crippen LogP contribution in [0.2, 0.25) is 0 Å². The third-order valence-corrected chi connectivity index (χ3v) is 2.31. The van der Waals surface area contributed by atoms with Gasteiger partial charge < -0.3 is 10.2 Å². The van der Waals surface area contributed by atoms with E-state index in [2.05, 4.69) is 15.9 Å². The van der Waals surface area contributed by atoms with E-state index in [1.807, 2.05) is 0 Å². The van der Waals surface area contributed by atoms with Crippen molar-refractivity contribution in [3.8, 4) is 0 Å². The lowest BCUT2D eigenvalue weighted by Crippen LogP contribution is -2.34. The lowest BCUT2D eigenvalue weighted by atomic mass is 10.2. The Balaban J connectivity index is 3.37. The molecule has 1 aromatic rings. The average Bonchev–Trinajstić information content (AvgIpc) is 2.13. The molecule has 2 amide bonds. The number of anilines is 1. The molecule has 98 valence electrons. The summed E-state index contributed by atoms with van der Waals surface area (Å²) in [4.78, 5) is 21.1. The highest BCUT2D eigenvalue weighted by Crippen LogP contribution is 2.34. The van der Waals surface area contributed by atoms with E-state index in [0.717, 1.165) is 6.07 Å². The monoisotopic (exact) mass is 327 g/mol. The van der Waals surface area contributed by atoms with Gasteiger partial charge in [-0.05, 0) is 18.2 Å². The summed E-state index contributed by atoms with van der Waals surface area (Å²) in [6.07, 6.45) is -8.50. The van der Waals surface area contributed by atoms with Crippen LogP contribution in [-0.4, -0.2) is 22.4 Å². The van der Waals surface area contributed by atoms with Gasteiger partial charge in [0.25, 0.3) is 0 Å². The van der Waals surface area contributed by atoms with Gasteiger partial charge in [-0.1, -0.05) is 15.9 Å². The SMILES string of the molecule is O=C(O)N(C(=O)O)c1cc(Br)cc(C(F)(F)F)c1. The van der Waals surface area contributed by atoms with Gasteiger partial charge in [0.2, 0.25) is 0 Å². The second-order valence-electron chi connectivity index (χ2n) is 3.10. The smallest absolute Gasteiger partial charge is 0.421 e. The predicted molar refractivity (Wildman–Crippen MR) is 57.7 cm³/mol. The van der Waals surface area contributed by atoms with Crippen molar-refractivity contribution < 1.29 is 33.0 Å². The largest absolute Gasteiger partial charge is 0.464 e. The fourth-order valence-corrected chi connectivity index (χ4v) is 1.65. The van der Waals surface area contributed by atoms with Gasteiger partial charge in [-0.25, -0.2) is 9.59 Å². The standard InChI is InChI=1S/C9H5BrF3NO4/c10-5-1-4(9(11,12)13)2-6(3-5)14(7(15)16)8(17)18/h1-3H,(H,15,16)(H,17,18). The molecule has 18 heavy (non-hydrogen) atoms. The van der Waals surface area contributed by atoms with E-state index < -0.39 is 29.6 Å². The van der Waals surface area contributed by atoms with E-state index in [-0.39, 0.29) is 9.37 Å². The Hall–Kier alpha value is -1.77. The number of alkyl halides is 3. The lowest BCUT2D eigenvalue weighted by Gasteiger charge is -2.16. The van der Waals surface area contributed by atoms with Gasteiger partial charge >= 0.3 is 18.4 Å². The summed E-state index contributed by atoms with van der Waals surface area (Å²) in [7, 11) is 0. The molecule has 2 N–H and O–H groups in total. The van der Waals surface area contributed by atoms with Crippen LogP contribution in [0.1, 0.15) is 5.56 Å². The van der Waals surface area contributed by atoms with Crippen molar-refractivity contribution in [1.29, 1.82) is 0 Å². The molecule has 0 aliphatic carbocycles. The topological polar surface area (TPSA) is 77.8 Å². The maximum atomic E-state index is 12.5. The number of halogens is 4. The third kappa shape index (κ3) is 3.13. The van der Waals surface area contributed by atoms with Crippen LogP contribution in [0.5, 0.6) is 0 Å². The van der Waals surface area contributed by atoms with Crippen molar-refractivity contribution in [2.45, 2.75) is 6.18 Å². The van der Waals surface area contributed by atoms with Crippen molar-refractivity contribution >= 4 is 33.8 Å². The first kappa shape index (κ1) is 14.3. The highest BCUT2D eigenvalue weighted by Gasteiger charge is 2.33. The van der Waals surface area contributed by atoms with E-state index in [1.54, 1.807) is 0 Å². The molecule has 1 rings (SSSR count). The van der Waals surface area contributed by atoms with Crippen LogP contribution >= 0.6 is 15.9 Å². The summed E-state index contributed by atoms with van der Waals surface area (Å²) < 4.78 is 37.4. The molecule has 9 heteroatoms. The number of imide groups is 1. The minimum Gasteiger partial charge on any atom is -0.464 e. The van der Waals surface area contributed by atoms with Gasteiger partial charge in [0.15, 0.2) is 0 Å². The van der Waals surface area contributed by atoms with Gasteiger partial charge in [-0.15, -0.1) is 0 Å². The van der Waals surface area contributed by atoms with Crippen LogP contribution in [0.15, 0.2) is 22.7 Å². The Bertz CT molecular complexity index is 489. The minimum absolute atomic E-state index is 0.0835. The van der Waals surface area contributed by atoms with Gasteiger partial charge in [-0.2, -0.15) is 18.1 Å². The Labute approximate surface area is 107 Å². The summed E-state index contributed by atoms with van der Waals surface area (Å²) in [5.74, 6) is 0. The Kier molecular flexibility index (Phi) is 3.85. The van der Waals surface area contributed by atoms with Crippen LogP contribution in [-0.2, 0) is 6.18 Å². The molecule has 0 fully saturated rings. The molecule has 1 aromatic carbocycles. The number of hydrogen-bond donors (Lipinski definition) is 2. The van der Waals surface area contributed by atoms with Crippen molar-refractivity contribution in [1.82, 2.24) is 0 Å². The summed E-state index contributed by atoms with van der Waals surface area (Å²) >= 11 is 2.76. The van der Waals surface area contributed by atoms with Crippen LogP contribution in [0.4, 0.5) is 28.4 Å². The molecule has 0 radical (unpaired) electrons. The van der Waals surface area contributed by atoms with E-state index in [9.17, 15) is 22.8 Å². The lowest BCUT2D eigenvalue weighted by molar-refractivity contribution is -0.137. The number of hydrogen-bond acceptors (Lipinski definition) is 2. The molecule has 0 aliphatic heterocycles. The first-order valence-corrected chi connectivity index (χ1v) is 5.06. The first-order valence-electron chi connectivity index (χ1n) is 4.26. The van der Waals surface area contributed by atoms with Crippen molar-refractivity contribution in [3.63, 3.8) is 0 Å². The van der Waals surface area contributed by atoms with Crippen molar-refractivity contribution in [2.75, 3.05) is 4.90 Å². The molecule has 5 nitrogen and oxygen atoms in total. The molecule has 0 atom stereocenters. The number of carboxylic acid groups (broad SMARTS) is 2. The third-order valence-electron chi connectivity index (χ3n) is 1.85. The molecule has 0 aliphatic rings. The maximum Gasteiger partial charge on any atom is 0.421 e. The highest BCUT2D eigenvalue weighted by molar-refractivity contribution is 9.10. The molecule has 0 heterocycles. The maximum absolute atomic E-state index is 12.5. The van der Waals surface area contributed by atoms with Crippen LogP contribution in [0.3, 0.4) is 0 Å². The Morgan fingerprint density at radius 2 is 1.61 bits per heavy atom. The van der Waals surface area contributed by atoms with Crippen LogP contribution < -0.4 is 4.90 Å². The van der Waals surface area contributed by atoms with Gasteiger partial charge in [0.1, 0.15) is 0 Å². The fourth-order valence-electron chi connectivity index (χ4n) is 1.17. The number of benzene rings is 1. The zero-order valence-corrected chi connectivity index (χ0v) is 9.99. The first-order chi connectivity index (χ1) is 8.12. The number of carbonyl (C=O) groups is 2. The molecular weight excluding hydrogens is 323 g/mol. The molecule has 0 saturated heterocycles. The second-order valence-corrected chi connectivity index (χ2v) is 4.01. The molecule has 0 aromatic heterocycles. The van der Waals surface area contributed by atoms with Crippen LogP contribution in [0, 0.1) is 0 Å². The van der Waals surface area contributed by atoms with E-state index in [4.69, 9.17) is 10.2 Å². The minimum atomic E-state index is -4.71. The van der Waals surface area contributed by atoms with E-state index in [1.165, 1.54) is 0 Å². The molecule has 0 bridgehead atoms. The Morgan fingerprint density at radius 1 is 1.11 bits per heavy atom.